The highest BCUT2D eigenvalue weighted by Crippen LogP contribution is 2.16. The van der Waals surface area contributed by atoms with Gasteiger partial charge < -0.3 is 9.73 Å². The Hall–Kier alpha value is -2.89. The maximum Gasteiger partial charge on any atom is 0.420 e. The van der Waals surface area contributed by atoms with Crippen LogP contribution in [0.4, 0.5) is 0 Å². The van der Waals surface area contributed by atoms with Crippen molar-refractivity contribution < 1.29 is 9.21 Å². The Bertz CT molecular complexity index is 852. The predicted molar refractivity (Wildman–Crippen MR) is 81.3 cm³/mol. The predicted octanol–water partition coefficient (Wildman–Crippen LogP) is 1.87. The first kappa shape index (κ1) is 14.1. The van der Waals surface area contributed by atoms with Gasteiger partial charge in [-0.2, -0.15) is 0 Å². The van der Waals surface area contributed by atoms with Gasteiger partial charge in [0.15, 0.2) is 5.58 Å². The summed E-state index contributed by atoms with van der Waals surface area (Å²) in [5.41, 5.74) is 1.98. The maximum absolute atomic E-state index is 12.3. The van der Waals surface area contributed by atoms with Crippen molar-refractivity contribution in [3.63, 3.8) is 0 Å². The van der Waals surface area contributed by atoms with E-state index in [0.717, 1.165) is 5.56 Å². The normalized spacial score (nSPS) is 12.2. The Labute approximate surface area is 126 Å². The molecule has 6 heteroatoms. The fourth-order valence-corrected chi connectivity index (χ4v) is 2.31. The molecule has 0 radical (unpaired) electrons. The molecule has 112 valence electrons. The number of amides is 1. The average Bonchev–Trinajstić information content (AvgIpc) is 2.88. The number of hydrogen-bond donors (Lipinski definition) is 1. The van der Waals surface area contributed by atoms with E-state index in [1.165, 1.54) is 4.57 Å². The highest BCUT2D eigenvalue weighted by Gasteiger charge is 2.20. The molecule has 0 saturated carbocycles. The van der Waals surface area contributed by atoms with Gasteiger partial charge in [-0.25, -0.2) is 4.79 Å². The summed E-state index contributed by atoms with van der Waals surface area (Å²) >= 11 is 0. The zero-order chi connectivity index (χ0) is 15.5. The lowest BCUT2D eigenvalue weighted by atomic mass is 10.2. The molecule has 0 spiro atoms. The number of rotatable bonds is 4. The van der Waals surface area contributed by atoms with Crippen molar-refractivity contribution in [2.75, 3.05) is 0 Å². The van der Waals surface area contributed by atoms with Crippen LogP contribution in [0.25, 0.3) is 11.1 Å². The van der Waals surface area contributed by atoms with Crippen LogP contribution in [0.15, 0.2) is 58.0 Å². The van der Waals surface area contributed by atoms with Gasteiger partial charge >= 0.3 is 5.76 Å². The van der Waals surface area contributed by atoms with E-state index < -0.39 is 11.8 Å². The minimum absolute atomic E-state index is 0.252. The van der Waals surface area contributed by atoms with Crippen molar-refractivity contribution in [2.24, 2.45) is 0 Å². The number of carbonyl (C=O) groups is 1. The van der Waals surface area contributed by atoms with E-state index in [1.54, 1.807) is 49.6 Å². The number of nitrogens with one attached hydrogen (secondary N) is 1. The lowest BCUT2D eigenvalue weighted by Crippen LogP contribution is -2.34. The van der Waals surface area contributed by atoms with Crippen LogP contribution in [-0.4, -0.2) is 15.5 Å². The van der Waals surface area contributed by atoms with Crippen LogP contribution in [0, 0.1) is 0 Å². The van der Waals surface area contributed by atoms with Gasteiger partial charge in [-0.3, -0.25) is 14.3 Å². The van der Waals surface area contributed by atoms with E-state index in [4.69, 9.17) is 4.42 Å². The van der Waals surface area contributed by atoms with Gasteiger partial charge in [0.25, 0.3) is 0 Å². The minimum atomic E-state index is -0.659. The van der Waals surface area contributed by atoms with Crippen LogP contribution in [0.5, 0.6) is 0 Å². The second kappa shape index (κ2) is 5.85. The second-order valence-corrected chi connectivity index (χ2v) is 4.96. The Morgan fingerprint density at radius 2 is 2.14 bits per heavy atom. The number of para-hydroxylation sites is 2. The third-order valence-electron chi connectivity index (χ3n) is 3.48. The summed E-state index contributed by atoms with van der Waals surface area (Å²) in [6.45, 7) is 2.03. The van der Waals surface area contributed by atoms with E-state index in [1.807, 2.05) is 6.07 Å². The molecule has 1 atom stereocenters. The van der Waals surface area contributed by atoms with Crippen molar-refractivity contribution in [1.29, 1.82) is 0 Å². The Kier molecular flexibility index (Phi) is 3.74. The molecule has 0 fully saturated rings. The van der Waals surface area contributed by atoms with E-state index in [-0.39, 0.29) is 5.91 Å². The summed E-state index contributed by atoms with van der Waals surface area (Å²) in [5, 5.41) is 2.80. The minimum Gasteiger partial charge on any atom is -0.408 e. The van der Waals surface area contributed by atoms with Crippen LogP contribution in [0.1, 0.15) is 18.5 Å². The van der Waals surface area contributed by atoms with Crippen LogP contribution < -0.4 is 11.1 Å². The molecule has 2 heterocycles. The van der Waals surface area contributed by atoms with E-state index in [9.17, 15) is 9.59 Å². The molecule has 6 nitrogen and oxygen atoms in total. The SMILES string of the molecule is CC(C(=O)NCc1cccnc1)n1c(=O)oc2ccccc21. The smallest absolute Gasteiger partial charge is 0.408 e. The summed E-state index contributed by atoms with van der Waals surface area (Å²) in [5.74, 6) is -0.789. The zero-order valence-corrected chi connectivity index (χ0v) is 12.0. The van der Waals surface area contributed by atoms with Gasteiger partial charge in [0.1, 0.15) is 6.04 Å². The lowest BCUT2D eigenvalue weighted by molar-refractivity contribution is -0.124. The summed E-state index contributed by atoms with van der Waals surface area (Å²) in [4.78, 5) is 28.2. The largest absolute Gasteiger partial charge is 0.420 e. The number of hydrogen-bond acceptors (Lipinski definition) is 4. The summed E-state index contributed by atoms with van der Waals surface area (Å²) < 4.78 is 6.51. The molecule has 1 amide bonds. The average molecular weight is 297 g/mol. The number of aromatic nitrogens is 2. The number of benzene rings is 1. The van der Waals surface area contributed by atoms with E-state index in [2.05, 4.69) is 10.3 Å². The van der Waals surface area contributed by atoms with E-state index in [0.29, 0.717) is 17.6 Å². The molecule has 3 aromatic rings. The molecule has 1 aromatic carbocycles. The molecule has 0 saturated heterocycles. The first-order valence-electron chi connectivity index (χ1n) is 6.93. The number of nitrogens with zero attached hydrogens (tertiary/aromatic N) is 2. The van der Waals surface area contributed by atoms with Crippen LogP contribution in [0.3, 0.4) is 0 Å². The number of oxazole rings is 1. The summed E-state index contributed by atoms with van der Waals surface area (Å²) in [7, 11) is 0. The standard InChI is InChI=1S/C16H15N3O3/c1-11(15(20)18-10-12-5-4-8-17-9-12)19-13-6-2-3-7-14(13)22-16(19)21/h2-9,11H,10H2,1H3,(H,18,20). The first-order valence-corrected chi connectivity index (χ1v) is 6.93. The Morgan fingerprint density at radius 3 is 2.91 bits per heavy atom. The van der Waals surface area contributed by atoms with Crippen LogP contribution >= 0.6 is 0 Å². The molecule has 2 aromatic heterocycles. The number of pyridine rings is 1. The molecule has 0 bridgehead atoms. The molecule has 0 aliphatic heterocycles. The molecule has 3 rings (SSSR count). The molecule has 22 heavy (non-hydrogen) atoms. The van der Waals surface area contributed by atoms with Crippen LogP contribution in [0.2, 0.25) is 0 Å². The topological polar surface area (TPSA) is 77.1 Å². The van der Waals surface area contributed by atoms with Crippen LogP contribution in [-0.2, 0) is 11.3 Å². The maximum atomic E-state index is 12.3. The summed E-state index contributed by atoms with van der Waals surface area (Å²) in [6, 6.07) is 10.1. The molecular weight excluding hydrogens is 282 g/mol. The zero-order valence-electron chi connectivity index (χ0n) is 12.0. The molecule has 1 unspecified atom stereocenters. The van der Waals surface area contributed by atoms with Gasteiger partial charge in [0.2, 0.25) is 5.91 Å². The molecular formula is C16H15N3O3. The number of fused-ring (bicyclic) bond motifs is 1. The summed E-state index contributed by atoms with van der Waals surface area (Å²) in [6.07, 6.45) is 3.36. The van der Waals surface area contributed by atoms with Crippen molar-refractivity contribution >= 4 is 17.0 Å². The molecule has 0 aliphatic rings. The Morgan fingerprint density at radius 1 is 1.32 bits per heavy atom. The highest BCUT2D eigenvalue weighted by atomic mass is 16.4. The first-order chi connectivity index (χ1) is 10.7. The quantitative estimate of drug-likeness (QED) is 0.797. The van der Waals surface area contributed by atoms with Crippen molar-refractivity contribution in [1.82, 2.24) is 14.9 Å². The van der Waals surface area contributed by atoms with Crippen molar-refractivity contribution in [3.8, 4) is 0 Å². The Balaban J connectivity index is 1.80. The lowest BCUT2D eigenvalue weighted by Gasteiger charge is -2.13. The highest BCUT2D eigenvalue weighted by molar-refractivity contribution is 5.82. The third kappa shape index (κ3) is 2.63. The second-order valence-electron chi connectivity index (χ2n) is 4.96. The van der Waals surface area contributed by atoms with Gasteiger partial charge in [0.05, 0.1) is 5.52 Å². The van der Waals surface area contributed by atoms with Crippen molar-refractivity contribution in [2.45, 2.75) is 19.5 Å². The van der Waals surface area contributed by atoms with Gasteiger partial charge in [-0.15, -0.1) is 0 Å². The third-order valence-corrected chi connectivity index (χ3v) is 3.48. The van der Waals surface area contributed by atoms with Gasteiger partial charge in [-0.05, 0) is 30.7 Å². The monoisotopic (exact) mass is 297 g/mol. The molecule has 0 aliphatic carbocycles. The van der Waals surface area contributed by atoms with Crippen molar-refractivity contribution in [3.05, 3.63) is 64.9 Å². The van der Waals surface area contributed by atoms with Gasteiger partial charge in [0, 0.05) is 18.9 Å². The fraction of sp³-hybridized carbons (Fsp3) is 0.188. The fourth-order valence-electron chi connectivity index (χ4n) is 2.31. The van der Waals surface area contributed by atoms with E-state index >= 15 is 0 Å². The number of carbonyl (C=O) groups excluding carboxylic acids is 1. The van der Waals surface area contributed by atoms with Gasteiger partial charge in [-0.1, -0.05) is 18.2 Å². The molecule has 1 N–H and O–H groups in total.